The zero-order chi connectivity index (χ0) is 14.7. The second kappa shape index (κ2) is 6.37. The standard InChI is InChI=1S/C17H24N2O2/c1-13(14-6-3-2-4-7-14)18-15-8-5-9-16(12-15)19-10-11-21-17(19)20/h5,8-9,12-14,18H,2-4,6-7,10-11H2,1H3. The summed E-state index contributed by atoms with van der Waals surface area (Å²) in [6, 6.07) is 8.56. The average molecular weight is 288 g/mol. The Bertz CT molecular complexity index is 497. The Labute approximate surface area is 126 Å². The summed E-state index contributed by atoms with van der Waals surface area (Å²) >= 11 is 0. The zero-order valence-corrected chi connectivity index (χ0v) is 12.7. The quantitative estimate of drug-likeness (QED) is 0.909. The second-order valence-electron chi connectivity index (χ2n) is 6.15. The third-order valence-corrected chi connectivity index (χ3v) is 4.67. The van der Waals surface area contributed by atoms with Crippen molar-refractivity contribution in [3.63, 3.8) is 0 Å². The maximum atomic E-state index is 11.6. The Morgan fingerprint density at radius 3 is 2.81 bits per heavy atom. The molecular weight excluding hydrogens is 264 g/mol. The highest BCUT2D eigenvalue weighted by molar-refractivity contribution is 5.89. The van der Waals surface area contributed by atoms with Crippen molar-refractivity contribution in [2.75, 3.05) is 23.4 Å². The maximum Gasteiger partial charge on any atom is 0.414 e. The number of cyclic esters (lactones) is 1. The van der Waals surface area contributed by atoms with E-state index in [4.69, 9.17) is 4.74 Å². The van der Waals surface area contributed by atoms with Crippen LogP contribution in [0.4, 0.5) is 16.2 Å². The van der Waals surface area contributed by atoms with Gasteiger partial charge in [0.05, 0.1) is 6.54 Å². The molecule has 0 spiro atoms. The molecule has 114 valence electrons. The van der Waals surface area contributed by atoms with E-state index in [1.54, 1.807) is 4.90 Å². The molecule has 1 saturated heterocycles. The van der Waals surface area contributed by atoms with Crippen LogP contribution >= 0.6 is 0 Å². The van der Waals surface area contributed by atoms with Crippen LogP contribution in [0, 0.1) is 5.92 Å². The number of anilines is 2. The molecular formula is C17H24N2O2. The molecule has 1 unspecified atom stereocenters. The van der Waals surface area contributed by atoms with E-state index in [2.05, 4.69) is 18.3 Å². The van der Waals surface area contributed by atoms with Crippen LogP contribution in [-0.2, 0) is 4.74 Å². The van der Waals surface area contributed by atoms with Crippen molar-refractivity contribution in [2.24, 2.45) is 5.92 Å². The third kappa shape index (κ3) is 3.31. The van der Waals surface area contributed by atoms with Gasteiger partial charge in [-0.3, -0.25) is 4.90 Å². The van der Waals surface area contributed by atoms with Crippen molar-refractivity contribution in [1.82, 2.24) is 0 Å². The van der Waals surface area contributed by atoms with E-state index in [9.17, 15) is 4.79 Å². The van der Waals surface area contributed by atoms with Crippen molar-refractivity contribution in [3.8, 4) is 0 Å². The highest BCUT2D eigenvalue weighted by Crippen LogP contribution is 2.29. The summed E-state index contributed by atoms with van der Waals surface area (Å²) in [6.45, 7) is 3.39. The molecule has 0 bridgehead atoms. The summed E-state index contributed by atoms with van der Waals surface area (Å²) < 4.78 is 5.00. The Kier molecular flexibility index (Phi) is 4.32. The van der Waals surface area contributed by atoms with Gasteiger partial charge in [-0.05, 0) is 43.9 Å². The van der Waals surface area contributed by atoms with Gasteiger partial charge >= 0.3 is 6.09 Å². The molecule has 1 aliphatic carbocycles. The number of rotatable bonds is 4. The molecule has 21 heavy (non-hydrogen) atoms. The van der Waals surface area contributed by atoms with Crippen LogP contribution in [0.15, 0.2) is 24.3 Å². The predicted octanol–water partition coefficient (Wildman–Crippen LogP) is 4.02. The molecule has 1 saturated carbocycles. The van der Waals surface area contributed by atoms with Crippen molar-refractivity contribution >= 4 is 17.5 Å². The van der Waals surface area contributed by atoms with Crippen molar-refractivity contribution in [1.29, 1.82) is 0 Å². The van der Waals surface area contributed by atoms with E-state index >= 15 is 0 Å². The van der Waals surface area contributed by atoms with E-state index in [0.29, 0.717) is 19.2 Å². The lowest BCUT2D eigenvalue weighted by atomic mass is 9.84. The van der Waals surface area contributed by atoms with Crippen LogP contribution in [-0.4, -0.2) is 25.3 Å². The summed E-state index contributed by atoms with van der Waals surface area (Å²) in [6.07, 6.45) is 6.51. The zero-order valence-electron chi connectivity index (χ0n) is 12.7. The first-order valence-corrected chi connectivity index (χ1v) is 8.05. The van der Waals surface area contributed by atoms with E-state index in [0.717, 1.165) is 17.3 Å². The van der Waals surface area contributed by atoms with Crippen molar-refractivity contribution < 1.29 is 9.53 Å². The number of benzene rings is 1. The van der Waals surface area contributed by atoms with Crippen LogP contribution in [0.5, 0.6) is 0 Å². The lowest BCUT2D eigenvalue weighted by Gasteiger charge is -2.29. The van der Waals surface area contributed by atoms with Gasteiger partial charge in [0.1, 0.15) is 6.61 Å². The van der Waals surface area contributed by atoms with Crippen LogP contribution in [0.25, 0.3) is 0 Å². The lowest BCUT2D eigenvalue weighted by Crippen LogP contribution is -2.28. The summed E-state index contributed by atoms with van der Waals surface area (Å²) in [5.41, 5.74) is 2.00. The smallest absolute Gasteiger partial charge is 0.414 e. The third-order valence-electron chi connectivity index (χ3n) is 4.67. The maximum absolute atomic E-state index is 11.6. The number of carbonyl (C=O) groups excluding carboxylic acids is 1. The fraction of sp³-hybridized carbons (Fsp3) is 0.588. The Hall–Kier alpha value is -1.71. The highest BCUT2D eigenvalue weighted by atomic mass is 16.6. The first-order chi connectivity index (χ1) is 10.2. The Morgan fingerprint density at radius 1 is 1.29 bits per heavy atom. The Balaban J connectivity index is 1.66. The van der Waals surface area contributed by atoms with Crippen molar-refractivity contribution in [3.05, 3.63) is 24.3 Å². The van der Waals surface area contributed by atoms with Gasteiger partial charge in [-0.25, -0.2) is 4.79 Å². The minimum atomic E-state index is -0.243. The number of nitrogens with zero attached hydrogens (tertiary/aromatic N) is 1. The topological polar surface area (TPSA) is 41.6 Å². The van der Waals surface area contributed by atoms with Crippen LogP contribution in [0.3, 0.4) is 0 Å². The fourth-order valence-electron chi connectivity index (χ4n) is 3.41. The van der Waals surface area contributed by atoms with Crippen LogP contribution in [0.1, 0.15) is 39.0 Å². The fourth-order valence-corrected chi connectivity index (χ4v) is 3.41. The number of carbonyl (C=O) groups is 1. The molecule has 1 amide bonds. The number of amides is 1. The summed E-state index contributed by atoms with van der Waals surface area (Å²) in [5, 5.41) is 3.61. The van der Waals surface area contributed by atoms with Gasteiger partial charge < -0.3 is 10.1 Å². The molecule has 1 heterocycles. The van der Waals surface area contributed by atoms with Gasteiger partial charge in [0.25, 0.3) is 0 Å². The molecule has 0 radical (unpaired) electrons. The SMILES string of the molecule is CC(Nc1cccc(N2CCOC2=O)c1)C1CCCCC1. The molecule has 1 N–H and O–H groups in total. The lowest BCUT2D eigenvalue weighted by molar-refractivity contribution is 0.181. The normalized spacial score (nSPS) is 21.2. The number of nitrogens with one attached hydrogen (secondary N) is 1. The molecule has 0 aromatic heterocycles. The Morgan fingerprint density at radius 2 is 2.10 bits per heavy atom. The number of hydrogen-bond acceptors (Lipinski definition) is 3. The molecule has 4 nitrogen and oxygen atoms in total. The summed E-state index contributed by atoms with van der Waals surface area (Å²) in [7, 11) is 0. The first kappa shape index (κ1) is 14.2. The predicted molar refractivity (Wildman–Crippen MR) is 84.8 cm³/mol. The molecule has 3 rings (SSSR count). The molecule has 1 aromatic rings. The van der Waals surface area contributed by atoms with Gasteiger partial charge in [-0.1, -0.05) is 25.3 Å². The van der Waals surface area contributed by atoms with E-state index in [1.165, 1.54) is 32.1 Å². The van der Waals surface area contributed by atoms with Gasteiger partial charge in [0.2, 0.25) is 0 Å². The van der Waals surface area contributed by atoms with E-state index in [1.807, 2.05) is 18.2 Å². The number of hydrogen-bond donors (Lipinski definition) is 1. The second-order valence-corrected chi connectivity index (χ2v) is 6.15. The van der Waals surface area contributed by atoms with Crippen LogP contribution < -0.4 is 10.2 Å². The van der Waals surface area contributed by atoms with E-state index < -0.39 is 0 Å². The van der Waals surface area contributed by atoms with Gasteiger partial charge in [0.15, 0.2) is 0 Å². The van der Waals surface area contributed by atoms with Crippen molar-refractivity contribution in [2.45, 2.75) is 45.1 Å². The van der Waals surface area contributed by atoms with Gasteiger partial charge in [-0.15, -0.1) is 0 Å². The number of ether oxygens (including phenoxy) is 1. The van der Waals surface area contributed by atoms with Crippen LogP contribution in [0.2, 0.25) is 0 Å². The molecule has 2 aliphatic rings. The molecule has 1 aliphatic heterocycles. The molecule has 1 atom stereocenters. The average Bonchev–Trinajstić information content (AvgIpc) is 2.94. The monoisotopic (exact) mass is 288 g/mol. The first-order valence-electron chi connectivity index (χ1n) is 8.05. The molecule has 1 aromatic carbocycles. The summed E-state index contributed by atoms with van der Waals surface area (Å²) in [4.78, 5) is 13.3. The van der Waals surface area contributed by atoms with Gasteiger partial charge in [-0.2, -0.15) is 0 Å². The summed E-state index contributed by atoms with van der Waals surface area (Å²) in [5.74, 6) is 0.763. The molecule has 2 fully saturated rings. The minimum Gasteiger partial charge on any atom is -0.447 e. The highest BCUT2D eigenvalue weighted by Gasteiger charge is 2.24. The van der Waals surface area contributed by atoms with E-state index in [-0.39, 0.29) is 6.09 Å². The molecule has 4 heteroatoms. The van der Waals surface area contributed by atoms with Gasteiger partial charge in [0, 0.05) is 17.4 Å². The largest absolute Gasteiger partial charge is 0.447 e. The minimum absolute atomic E-state index is 0.243.